The normalized spacial score (nSPS) is 18.5. The van der Waals surface area contributed by atoms with Crippen LogP contribution in [0.5, 0.6) is 5.88 Å². The fraction of sp³-hybridized carbons (Fsp3) is 0.435. The van der Waals surface area contributed by atoms with Gasteiger partial charge in [0, 0.05) is 25.4 Å². The second-order valence-electron chi connectivity index (χ2n) is 9.19. The first-order valence-corrected chi connectivity index (χ1v) is 11.5. The summed E-state index contributed by atoms with van der Waals surface area (Å²) in [5.74, 6) is 1.06. The summed E-state index contributed by atoms with van der Waals surface area (Å²) >= 11 is 6.47. The van der Waals surface area contributed by atoms with E-state index in [0.29, 0.717) is 59.5 Å². The van der Waals surface area contributed by atoms with Crippen LogP contribution in [0.4, 0.5) is 30.8 Å². The van der Waals surface area contributed by atoms with E-state index in [0.717, 1.165) is 18.4 Å². The van der Waals surface area contributed by atoms with Gasteiger partial charge in [-0.2, -0.15) is 0 Å². The zero-order chi connectivity index (χ0) is 23.9. The molecule has 1 aliphatic heterocycles. The number of nitrogens with zero attached hydrogens (tertiary/aromatic N) is 3. The third-order valence-electron chi connectivity index (χ3n) is 6.78. The smallest absolute Gasteiger partial charge is 0.323 e. The maximum absolute atomic E-state index is 14.1. The van der Waals surface area contributed by atoms with Gasteiger partial charge in [0.1, 0.15) is 23.7 Å². The Balaban J connectivity index is 1.20. The van der Waals surface area contributed by atoms with Crippen LogP contribution in [-0.4, -0.2) is 53.5 Å². The summed E-state index contributed by atoms with van der Waals surface area (Å²) in [5, 5.41) is 5.89. The number of alkyl halides is 2. The second-order valence-corrected chi connectivity index (χ2v) is 9.59. The number of ether oxygens (including phenoxy) is 1. The molecule has 11 heteroatoms. The Morgan fingerprint density at radius 3 is 2.74 bits per heavy atom. The van der Waals surface area contributed by atoms with Gasteiger partial charge in [0.05, 0.1) is 35.2 Å². The molecular weight excluding hydrogens is 466 g/mol. The lowest BCUT2D eigenvalue weighted by Crippen LogP contribution is -2.55. The molecule has 1 aliphatic carbocycles. The van der Waals surface area contributed by atoms with Crippen molar-refractivity contribution >= 4 is 45.9 Å². The van der Waals surface area contributed by atoms with Crippen molar-refractivity contribution in [1.29, 1.82) is 0 Å². The van der Waals surface area contributed by atoms with Gasteiger partial charge >= 0.3 is 6.03 Å². The van der Waals surface area contributed by atoms with Gasteiger partial charge in [-0.25, -0.2) is 23.5 Å². The highest BCUT2D eigenvalue weighted by atomic mass is 35.5. The quantitative estimate of drug-likeness (QED) is 0.450. The number of carbonyl (C=O) groups excluding carboxylic acids is 1. The van der Waals surface area contributed by atoms with E-state index in [1.54, 1.807) is 24.5 Å². The SMILES string of the molecule is COc1ccc2[nH]cc(NC(=O)Nc3cnc(N4CCC5(CC4)CC(F)(CF)C5)c(Cl)c3)c2n1. The largest absolute Gasteiger partial charge is 0.481 e. The molecule has 2 aliphatic rings. The van der Waals surface area contributed by atoms with E-state index in [9.17, 15) is 13.6 Å². The van der Waals surface area contributed by atoms with Gasteiger partial charge in [-0.1, -0.05) is 11.6 Å². The molecule has 0 unspecified atom stereocenters. The first-order chi connectivity index (χ1) is 16.3. The molecule has 3 aromatic heterocycles. The average molecular weight is 491 g/mol. The summed E-state index contributed by atoms with van der Waals surface area (Å²) in [6, 6.07) is 4.71. The van der Waals surface area contributed by atoms with Crippen LogP contribution in [-0.2, 0) is 0 Å². The summed E-state index contributed by atoms with van der Waals surface area (Å²) in [6.45, 7) is 0.456. The van der Waals surface area contributed by atoms with Crippen molar-refractivity contribution in [1.82, 2.24) is 15.0 Å². The predicted molar refractivity (Wildman–Crippen MR) is 127 cm³/mol. The molecule has 180 valence electrons. The third-order valence-corrected chi connectivity index (χ3v) is 7.06. The first-order valence-electron chi connectivity index (χ1n) is 11.1. The number of amides is 2. The van der Waals surface area contributed by atoms with Crippen LogP contribution in [0.1, 0.15) is 25.7 Å². The molecule has 0 radical (unpaired) electrons. The van der Waals surface area contributed by atoms with Gasteiger partial charge < -0.3 is 25.3 Å². The molecule has 0 aromatic carbocycles. The van der Waals surface area contributed by atoms with Gasteiger partial charge in [0.25, 0.3) is 0 Å². The summed E-state index contributed by atoms with van der Waals surface area (Å²) < 4.78 is 32.0. The Labute approximate surface area is 200 Å². The summed E-state index contributed by atoms with van der Waals surface area (Å²) in [4.78, 5) is 26.4. The fourth-order valence-electron chi connectivity index (χ4n) is 5.14. The Morgan fingerprint density at radius 1 is 1.29 bits per heavy atom. The van der Waals surface area contributed by atoms with Crippen LogP contribution >= 0.6 is 11.6 Å². The molecule has 5 rings (SSSR count). The lowest BCUT2D eigenvalue weighted by Gasteiger charge is -2.54. The van der Waals surface area contributed by atoms with Gasteiger partial charge in [-0.3, -0.25) is 0 Å². The van der Waals surface area contributed by atoms with Crippen LogP contribution in [0.3, 0.4) is 0 Å². The van der Waals surface area contributed by atoms with Gasteiger partial charge in [0.2, 0.25) is 5.88 Å². The number of hydrogen-bond acceptors (Lipinski definition) is 5. The van der Waals surface area contributed by atoms with E-state index >= 15 is 0 Å². The highest BCUT2D eigenvalue weighted by Crippen LogP contribution is 2.57. The number of aromatic amines is 1. The number of nitrogens with one attached hydrogen (secondary N) is 3. The molecule has 2 fully saturated rings. The van der Waals surface area contributed by atoms with Crippen LogP contribution in [0.2, 0.25) is 5.02 Å². The Morgan fingerprint density at radius 2 is 2.06 bits per heavy atom. The Hall–Kier alpha value is -3.14. The molecule has 8 nitrogen and oxygen atoms in total. The number of methoxy groups -OCH3 is 1. The Kier molecular flexibility index (Phi) is 5.71. The zero-order valence-electron chi connectivity index (χ0n) is 18.6. The lowest BCUT2D eigenvalue weighted by molar-refractivity contribution is -0.0930. The molecule has 0 atom stereocenters. The summed E-state index contributed by atoms with van der Waals surface area (Å²) in [5.41, 5.74) is 0.537. The van der Waals surface area contributed by atoms with Crippen molar-refractivity contribution in [3.05, 3.63) is 35.6 Å². The number of H-pyrrole nitrogens is 1. The number of halogens is 3. The molecule has 1 saturated carbocycles. The molecule has 1 spiro atoms. The van der Waals surface area contributed by atoms with Crippen molar-refractivity contribution in [2.75, 3.05) is 42.4 Å². The third kappa shape index (κ3) is 4.22. The van der Waals surface area contributed by atoms with E-state index in [1.165, 1.54) is 7.11 Å². The standard InChI is InChI=1S/C23H25ClF2N6O2/c1-34-18-3-2-16-19(31-18)17(10-27-16)30-21(33)29-14-8-15(24)20(28-9-14)32-6-4-22(5-7-32)11-23(26,12-22)13-25/h2-3,8-10,27H,4-7,11-13H2,1H3,(H2,29,30,33). The molecule has 34 heavy (non-hydrogen) atoms. The number of urea groups is 1. The van der Waals surface area contributed by atoms with Crippen molar-refractivity contribution in [2.45, 2.75) is 31.4 Å². The number of anilines is 3. The van der Waals surface area contributed by atoms with E-state index < -0.39 is 18.4 Å². The highest BCUT2D eigenvalue weighted by molar-refractivity contribution is 6.33. The van der Waals surface area contributed by atoms with Crippen LogP contribution in [0.15, 0.2) is 30.6 Å². The molecule has 4 heterocycles. The van der Waals surface area contributed by atoms with Crippen LogP contribution in [0, 0.1) is 5.41 Å². The number of pyridine rings is 2. The minimum atomic E-state index is -1.64. The maximum atomic E-state index is 14.1. The summed E-state index contributed by atoms with van der Waals surface area (Å²) in [7, 11) is 1.53. The molecule has 0 bridgehead atoms. The molecular formula is C23H25ClF2N6O2. The van der Waals surface area contributed by atoms with Gasteiger partial charge in [0.15, 0.2) is 0 Å². The van der Waals surface area contributed by atoms with Crippen LogP contribution < -0.4 is 20.3 Å². The number of hydrogen-bond donors (Lipinski definition) is 3. The molecule has 1 saturated heterocycles. The van der Waals surface area contributed by atoms with E-state index in [1.807, 2.05) is 6.07 Å². The predicted octanol–water partition coefficient (Wildman–Crippen LogP) is 5.32. The van der Waals surface area contributed by atoms with E-state index in [4.69, 9.17) is 16.3 Å². The second kappa shape index (κ2) is 8.57. The number of aromatic nitrogens is 3. The first kappa shape index (κ1) is 22.6. The van der Waals surface area contributed by atoms with Crippen molar-refractivity contribution in [3.8, 4) is 5.88 Å². The molecule has 2 amide bonds. The lowest BCUT2D eigenvalue weighted by atomic mass is 9.56. The van der Waals surface area contributed by atoms with Gasteiger partial charge in [-0.05, 0) is 43.2 Å². The number of piperidine rings is 1. The highest BCUT2D eigenvalue weighted by Gasteiger charge is 2.56. The Bertz CT molecular complexity index is 1220. The topological polar surface area (TPSA) is 95.2 Å². The summed E-state index contributed by atoms with van der Waals surface area (Å²) in [6.07, 6.45) is 5.34. The fourth-order valence-corrected chi connectivity index (χ4v) is 5.43. The maximum Gasteiger partial charge on any atom is 0.323 e. The monoisotopic (exact) mass is 490 g/mol. The van der Waals surface area contributed by atoms with Crippen molar-refractivity contribution in [2.24, 2.45) is 5.41 Å². The zero-order valence-corrected chi connectivity index (χ0v) is 19.4. The average Bonchev–Trinajstić information content (AvgIpc) is 3.20. The van der Waals surface area contributed by atoms with Crippen molar-refractivity contribution in [3.63, 3.8) is 0 Å². The number of fused-ring (bicyclic) bond motifs is 1. The minimum absolute atomic E-state index is 0.106. The van der Waals surface area contributed by atoms with E-state index in [2.05, 4.69) is 30.5 Å². The number of carbonyl (C=O) groups is 1. The van der Waals surface area contributed by atoms with E-state index in [-0.39, 0.29) is 5.41 Å². The number of rotatable bonds is 5. The van der Waals surface area contributed by atoms with Gasteiger partial charge in [-0.15, -0.1) is 0 Å². The van der Waals surface area contributed by atoms with Crippen LogP contribution in [0.25, 0.3) is 11.0 Å². The molecule has 3 aromatic rings. The molecule has 3 N–H and O–H groups in total. The minimum Gasteiger partial charge on any atom is -0.481 e. The van der Waals surface area contributed by atoms with Crippen molar-refractivity contribution < 1.29 is 18.3 Å².